The van der Waals surface area contributed by atoms with Gasteiger partial charge < -0.3 is 14.7 Å². The molecular formula is C14H18N2O4. The summed E-state index contributed by atoms with van der Waals surface area (Å²) in [7, 11) is 0. The second kappa shape index (κ2) is 6.27. The second-order valence-electron chi connectivity index (χ2n) is 4.68. The zero-order valence-electron chi connectivity index (χ0n) is 11.3. The van der Waals surface area contributed by atoms with Crippen LogP contribution in [0.5, 0.6) is 0 Å². The molecule has 1 aromatic carbocycles. The number of benzene rings is 1. The Morgan fingerprint density at radius 1 is 1.40 bits per heavy atom. The van der Waals surface area contributed by atoms with Crippen molar-refractivity contribution in [2.45, 2.75) is 19.3 Å². The van der Waals surface area contributed by atoms with Crippen molar-refractivity contribution >= 4 is 17.9 Å². The van der Waals surface area contributed by atoms with Gasteiger partial charge in [0.25, 0.3) is 0 Å². The number of hydrogen-bond donors (Lipinski definition) is 2. The van der Waals surface area contributed by atoms with Crippen LogP contribution in [0.4, 0.5) is 15.3 Å². The molecule has 0 aromatic heterocycles. The molecule has 0 aliphatic carbocycles. The minimum atomic E-state index is -0.868. The molecule has 108 valence electrons. The van der Waals surface area contributed by atoms with Gasteiger partial charge in [-0.1, -0.05) is 12.1 Å². The van der Waals surface area contributed by atoms with Crippen molar-refractivity contribution in [1.82, 2.24) is 4.90 Å². The summed E-state index contributed by atoms with van der Waals surface area (Å²) in [6.45, 7) is 3.18. The molecule has 6 heteroatoms. The molecule has 1 atom stereocenters. The van der Waals surface area contributed by atoms with Crippen molar-refractivity contribution in [3.63, 3.8) is 0 Å². The lowest BCUT2D eigenvalue weighted by atomic mass is 9.98. The van der Waals surface area contributed by atoms with Crippen LogP contribution in [0.3, 0.4) is 0 Å². The first-order valence-corrected chi connectivity index (χ1v) is 6.61. The SMILES string of the molecule is CCOC(=O)Nc1ccc(C2CCN(C(=O)O)C2)cc1. The number of hydrogen-bond acceptors (Lipinski definition) is 3. The number of likely N-dealkylation sites (tertiary alicyclic amines) is 1. The van der Waals surface area contributed by atoms with E-state index in [1.54, 1.807) is 19.1 Å². The third kappa shape index (κ3) is 3.40. The Balaban J connectivity index is 1.95. The lowest BCUT2D eigenvalue weighted by Gasteiger charge is -2.13. The fourth-order valence-electron chi connectivity index (χ4n) is 2.33. The minimum absolute atomic E-state index is 0.225. The molecule has 1 unspecified atom stereocenters. The predicted molar refractivity (Wildman–Crippen MR) is 74.0 cm³/mol. The van der Waals surface area contributed by atoms with Gasteiger partial charge in [-0.15, -0.1) is 0 Å². The molecule has 6 nitrogen and oxygen atoms in total. The molecule has 0 radical (unpaired) electrons. The smallest absolute Gasteiger partial charge is 0.411 e. The van der Waals surface area contributed by atoms with E-state index in [-0.39, 0.29) is 5.92 Å². The molecule has 1 heterocycles. The lowest BCUT2D eigenvalue weighted by molar-refractivity contribution is 0.155. The van der Waals surface area contributed by atoms with Crippen LogP contribution in [-0.4, -0.2) is 41.9 Å². The molecule has 0 saturated carbocycles. The van der Waals surface area contributed by atoms with Crippen molar-refractivity contribution in [3.05, 3.63) is 29.8 Å². The van der Waals surface area contributed by atoms with Gasteiger partial charge in [0.15, 0.2) is 0 Å². The first kappa shape index (κ1) is 14.2. The van der Waals surface area contributed by atoms with Gasteiger partial charge in [-0.05, 0) is 31.0 Å². The number of anilines is 1. The molecule has 2 amide bonds. The number of ether oxygens (including phenoxy) is 1. The summed E-state index contributed by atoms with van der Waals surface area (Å²) in [6.07, 6.45) is -0.511. The van der Waals surface area contributed by atoms with E-state index in [1.807, 2.05) is 12.1 Å². The zero-order chi connectivity index (χ0) is 14.5. The van der Waals surface area contributed by atoms with E-state index in [4.69, 9.17) is 9.84 Å². The highest BCUT2D eigenvalue weighted by atomic mass is 16.5. The number of carbonyl (C=O) groups excluding carboxylic acids is 1. The molecule has 20 heavy (non-hydrogen) atoms. The van der Waals surface area contributed by atoms with Gasteiger partial charge >= 0.3 is 12.2 Å². The fourth-order valence-corrected chi connectivity index (χ4v) is 2.33. The Labute approximate surface area is 117 Å². The first-order chi connectivity index (χ1) is 9.60. The normalized spacial score (nSPS) is 17.9. The topological polar surface area (TPSA) is 78.9 Å². The molecule has 1 aromatic rings. The van der Waals surface area contributed by atoms with Gasteiger partial charge in [-0.2, -0.15) is 0 Å². The largest absolute Gasteiger partial charge is 0.465 e. The highest BCUT2D eigenvalue weighted by Gasteiger charge is 2.26. The Morgan fingerprint density at radius 2 is 2.10 bits per heavy atom. The van der Waals surface area contributed by atoms with Crippen LogP contribution in [0, 0.1) is 0 Å². The number of carboxylic acid groups (broad SMARTS) is 1. The van der Waals surface area contributed by atoms with Gasteiger partial charge in [0.2, 0.25) is 0 Å². The van der Waals surface area contributed by atoms with E-state index in [1.165, 1.54) is 4.90 Å². The molecule has 1 saturated heterocycles. The maximum Gasteiger partial charge on any atom is 0.411 e. The van der Waals surface area contributed by atoms with Gasteiger partial charge in [-0.25, -0.2) is 9.59 Å². The summed E-state index contributed by atoms with van der Waals surface area (Å²) in [5, 5.41) is 11.6. The molecule has 2 N–H and O–H groups in total. The summed E-state index contributed by atoms with van der Waals surface area (Å²) in [4.78, 5) is 23.6. The Bertz CT molecular complexity index is 486. The maximum absolute atomic E-state index is 11.3. The van der Waals surface area contributed by atoms with Crippen LogP contribution < -0.4 is 5.32 Å². The standard InChI is InChI=1S/C14H18N2O4/c1-2-20-13(17)15-12-5-3-10(4-6-12)11-7-8-16(9-11)14(18)19/h3-6,11H,2,7-9H2,1H3,(H,15,17)(H,18,19). The van der Waals surface area contributed by atoms with E-state index in [0.29, 0.717) is 25.4 Å². The quantitative estimate of drug-likeness (QED) is 0.891. The number of carbonyl (C=O) groups is 2. The molecule has 1 aliphatic heterocycles. The highest BCUT2D eigenvalue weighted by Crippen LogP contribution is 2.28. The summed E-state index contributed by atoms with van der Waals surface area (Å²) in [5.74, 6) is 0.225. The average Bonchev–Trinajstić information content (AvgIpc) is 2.89. The third-order valence-electron chi connectivity index (χ3n) is 3.36. The van der Waals surface area contributed by atoms with Gasteiger partial charge in [0.1, 0.15) is 0 Å². The zero-order valence-corrected chi connectivity index (χ0v) is 11.3. The van der Waals surface area contributed by atoms with E-state index in [9.17, 15) is 9.59 Å². The predicted octanol–water partition coefficient (Wildman–Crippen LogP) is 2.72. The maximum atomic E-state index is 11.3. The highest BCUT2D eigenvalue weighted by molar-refractivity contribution is 5.84. The van der Waals surface area contributed by atoms with Crippen LogP contribution >= 0.6 is 0 Å². The van der Waals surface area contributed by atoms with Gasteiger partial charge in [0, 0.05) is 24.7 Å². The van der Waals surface area contributed by atoms with Crippen molar-refractivity contribution in [2.75, 3.05) is 25.0 Å². The Morgan fingerprint density at radius 3 is 2.65 bits per heavy atom. The minimum Gasteiger partial charge on any atom is -0.465 e. The summed E-state index contributed by atoms with van der Waals surface area (Å²) in [5.41, 5.74) is 1.75. The molecule has 1 aliphatic rings. The van der Waals surface area contributed by atoms with E-state index < -0.39 is 12.2 Å². The summed E-state index contributed by atoms with van der Waals surface area (Å²) in [6, 6.07) is 7.43. The summed E-state index contributed by atoms with van der Waals surface area (Å²) >= 11 is 0. The fraction of sp³-hybridized carbons (Fsp3) is 0.429. The van der Waals surface area contributed by atoms with Crippen molar-refractivity contribution in [2.24, 2.45) is 0 Å². The van der Waals surface area contributed by atoms with Gasteiger partial charge in [0.05, 0.1) is 6.61 Å². The number of nitrogens with zero attached hydrogens (tertiary/aromatic N) is 1. The van der Waals surface area contributed by atoms with E-state index in [2.05, 4.69) is 5.32 Å². The molecule has 2 rings (SSSR count). The van der Waals surface area contributed by atoms with E-state index >= 15 is 0 Å². The van der Waals surface area contributed by atoms with Crippen molar-refractivity contribution in [1.29, 1.82) is 0 Å². The van der Waals surface area contributed by atoms with Crippen LogP contribution in [0.15, 0.2) is 24.3 Å². The van der Waals surface area contributed by atoms with Crippen molar-refractivity contribution < 1.29 is 19.4 Å². The van der Waals surface area contributed by atoms with Crippen molar-refractivity contribution in [3.8, 4) is 0 Å². The monoisotopic (exact) mass is 278 g/mol. The molecule has 0 bridgehead atoms. The van der Waals surface area contributed by atoms with Crippen LogP contribution in [0.1, 0.15) is 24.8 Å². The number of nitrogens with one attached hydrogen (secondary N) is 1. The third-order valence-corrected chi connectivity index (χ3v) is 3.36. The average molecular weight is 278 g/mol. The van der Waals surface area contributed by atoms with E-state index in [0.717, 1.165) is 12.0 Å². The summed E-state index contributed by atoms with van der Waals surface area (Å²) < 4.78 is 4.79. The van der Waals surface area contributed by atoms with Crippen LogP contribution in [0.2, 0.25) is 0 Å². The van der Waals surface area contributed by atoms with Crippen LogP contribution in [0.25, 0.3) is 0 Å². The lowest BCUT2D eigenvalue weighted by Crippen LogP contribution is -2.26. The second-order valence-corrected chi connectivity index (χ2v) is 4.68. The number of amides is 2. The molecular weight excluding hydrogens is 260 g/mol. The van der Waals surface area contributed by atoms with Crippen LogP contribution in [-0.2, 0) is 4.74 Å². The molecule has 1 fully saturated rings. The van der Waals surface area contributed by atoms with Gasteiger partial charge in [-0.3, -0.25) is 5.32 Å². The Kier molecular flexibility index (Phi) is 4.45. The first-order valence-electron chi connectivity index (χ1n) is 6.61. The number of rotatable bonds is 3. The Hall–Kier alpha value is -2.24. The molecule has 0 spiro atoms.